The molecule has 98 valence electrons. The van der Waals surface area contributed by atoms with Crippen molar-refractivity contribution in [2.75, 3.05) is 6.54 Å². The van der Waals surface area contributed by atoms with Gasteiger partial charge in [-0.25, -0.2) is 0 Å². The molecule has 0 amide bonds. The second-order valence-electron chi connectivity index (χ2n) is 4.86. The highest BCUT2D eigenvalue weighted by Gasteiger charge is 2.01. The molecule has 1 heterocycles. The van der Waals surface area contributed by atoms with E-state index < -0.39 is 0 Å². The summed E-state index contributed by atoms with van der Waals surface area (Å²) in [5.74, 6) is 0. The quantitative estimate of drug-likeness (QED) is 0.669. The van der Waals surface area contributed by atoms with Gasteiger partial charge in [-0.1, -0.05) is 39.0 Å². The van der Waals surface area contributed by atoms with Crippen LogP contribution in [0.1, 0.15) is 56.7 Å². The van der Waals surface area contributed by atoms with Crippen LogP contribution in [0.3, 0.4) is 0 Å². The Morgan fingerprint density at radius 3 is 2.53 bits per heavy atom. The van der Waals surface area contributed by atoms with Crippen LogP contribution in [0.5, 0.6) is 0 Å². The molecule has 0 fully saturated rings. The molecule has 0 aromatic carbocycles. The van der Waals surface area contributed by atoms with Crippen molar-refractivity contribution in [3.63, 3.8) is 0 Å². The second kappa shape index (κ2) is 8.29. The third kappa shape index (κ3) is 5.87. The normalized spacial score (nSPS) is 11.0. The van der Waals surface area contributed by atoms with Crippen LogP contribution in [0, 0.1) is 6.92 Å². The molecular weight excluding hydrogens is 210 g/mol. The van der Waals surface area contributed by atoms with Crippen LogP contribution in [0.4, 0.5) is 0 Å². The van der Waals surface area contributed by atoms with Gasteiger partial charge in [0.15, 0.2) is 0 Å². The Kier molecular flexibility index (Phi) is 6.94. The van der Waals surface area contributed by atoms with Crippen LogP contribution in [-0.4, -0.2) is 16.3 Å². The van der Waals surface area contributed by atoms with E-state index in [9.17, 15) is 0 Å². The van der Waals surface area contributed by atoms with Crippen molar-refractivity contribution >= 4 is 0 Å². The standard InChI is InChI=1S/C14H27N3/c1-4-5-6-7-8-9-10-15-11-14-12-17(3)16-13(14)2/h12,15H,4-11H2,1-3H3. The van der Waals surface area contributed by atoms with Crippen molar-refractivity contribution in [3.05, 3.63) is 17.5 Å². The summed E-state index contributed by atoms with van der Waals surface area (Å²) >= 11 is 0. The van der Waals surface area contributed by atoms with Gasteiger partial charge in [0.1, 0.15) is 0 Å². The van der Waals surface area contributed by atoms with Crippen molar-refractivity contribution in [2.24, 2.45) is 7.05 Å². The molecule has 0 aliphatic heterocycles. The Morgan fingerprint density at radius 1 is 1.18 bits per heavy atom. The van der Waals surface area contributed by atoms with E-state index in [4.69, 9.17) is 0 Å². The molecule has 1 N–H and O–H groups in total. The van der Waals surface area contributed by atoms with Gasteiger partial charge in [-0.2, -0.15) is 5.10 Å². The summed E-state index contributed by atoms with van der Waals surface area (Å²) in [6.07, 6.45) is 10.3. The SMILES string of the molecule is CCCCCCCCNCc1cn(C)nc1C. The first-order valence-electron chi connectivity index (χ1n) is 6.94. The molecule has 3 nitrogen and oxygen atoms in total. The summed E-state index contributed by atoms with van der Waals surface area (Å²) < 4.78 is 1.89. The number of rotatable bonds is 9. The number of hydrogen-bond acceptors (Lipinski definition) is 2. The Hall–Kier alpha value is -0.830. The molecule has 1 rings (SSSR count). The Bertz CT molecular complexity index is 304. The van der Waals surface area contributed by atoms with Gasteiger partial charge in [0, 0.05) is 25.4 Å². The number of hydrogen-bond donors (Lipinski definition) is 1. The lowest BCUT2D eigenvalue weighted by molar-refractivity contribution is 0.571. The maximum Gasteiger partial charge on any atom is 0.0638 e. The van der Waals surface area contributed by atoms with Crippen LogP contribution in [0.25, 0.3) is 0 Å². The molecule has 0 saturated carbocycles. The highest BCUT2D eigenvalue weighted by Crippen LogP contribution is 2.05. The van der Waals surface area contributed by atoms with E-state index in [1.165, 1.54) is 44.1 Å². The molecule has 1 aromatic heterocycles. The minimum atomic E-state index is 0.953. The molecule has 0 unspecified atom stereocenters. The summed E-state index contributed by atoms with van der Waals surface area (Å²) in [6, 6.07) is 0. The van der Waals surface area contributed by atoms with Gasteiger partial charge < -0.3 is 5.32 Å². The number of nitrogens with one attached hydrogen (secondary N) is 1. The number of nitrogens with zero attached hydrogens (tertiary/aromatic N) is 2. The van der Waals surface area contributed by atoms with E-state index in [1.54, 1.807) is 0 Å². The van der Waals surface area contributed by atoms with Gasteiger partial charge >= 0.3 is 0 Å². The van der Waals surface area contributed by atoms with E-state index in [0.29, 0.717) is 0 Å². The maximum atomic E-state index is 4.34. The minimum absolute atomic E-state index is 0.953. The highest BCUT2D eigenvalue weighted by molar-refractivity contribution is 5.14. The maximum absolute atomic E-state index is 4.34. The largest absolute Gasteiger partial charge is 0.313 e. The summed E-state index contributed by atoms with van der Waals surface area (Å²) in [5.41, 5.74) is 2.46. The first kappa shape index (κ1) is 14.2. The Morgan fingerprint density at radius 2 is 1.88 bits per heavy atom. The van der Waals surface area contributed by atoms with Gasteiger partial charge in [0.25, 0.3) is 0 Å². The first-order chi connectivity index (χ1) is 8.24. The summed E-state index contributed by atoms with van der Waals surface area (Å²) in [7, 11) is 1.98. The summed E-state index contributed by atoms with van der Waals surface area (Å²) in [4.78, 5) is 0. The fourth-order valence-corrected chi connectivity index (χ4v) is 2.08. The molecule has 0 aliphatic rings. The van der Waals surface area contributed by atoms with Gasteiger partial charge in [-0.3, -0.25) is 4.68 Å². The molecule has 3 heteroatoms. The number of unbranched alkanes of at least 4 members (excludes halogenated alkanes) is 5. The van der Waals surface area contributed by atoms with Crippen molar-refractivity contribution in [1.29, 1.82) is 0 Å². The molecule has 0 spiro atoms. The molecule has 0 aliphatic carbocycles. The lowest BCUT2D eigenvalue weighted by atomic mass is 10.1. The topological polar surface area (TPSA) is 29.9 Å². The van der Waals surface area contributed by atoms with Crippen molar-refractivity contribution in [3.8, 4) is 0 Å². The predicted molar refractivity (Wildman–Crippen MR) is 73.0 cm³/mol. The first-order valence-corrected chi connectivity index (χ1v) is 6.94. The fraction of sp³-hybridized carbons (Fsp3) is 0.786. The van der Waals surface area contributed by atoms with Crippen molar-refractivity contribution < 1.29 is 0 Å². The van der Waals surface area contributed by atoms with E-state index in [-0.39, 0.29) is 0 Å². The average molecular weight is 237 g/mol. The monoisotopic (exact) mass is 237 g/mol. The van der Waals surface area contributed by atoms with Crippen molar-refractivity contribution in [1.82, 2.24) is 15.1 Å². The fourth-order valence-electron chi connectivity index (χ4n) is 2.08. The predicted octanol–water partition coefficient (Wildman–Crippen LogP) is 3.18. The zero-order valence-electron chi connectivity index (χ0n) is 11.6. The third-order valence-electron chi connectivity index (χ3n) is 3.14. The zero-order valence-corrected chi connectivity index (χ0v) is 11.6. The van der Waals surface area contributed by atoms with Gasteiger partial charge in [0.05, 0.1) is 5.69 Å². The lowest BCUT2D eigenvalue weighted by Crippen LogP contribution is -2.14. The molecule has 1 aromatic rings. The lowest BCUT2D eigenvalue weighted by Gasteiger charge is -2.03. The van der Waals surface area contributed by atoms with E-state index in [0.717, 1.165) is 18.8 Å². The Balaban J connectivity index is 1.99. The highest BCUT2D eigenvalue weighted by atomic mass is 15.2. The zero-order chi connectivity index (χ0) is 12.5. The molecule has 0 atom stereocenters. The summed E-state index contributed by atoms with van der Waals surface area (Å²) in [5, 5.41) is 7.83. The Labute approximate surface area is 106 Å². The van der Waals surface area contributed by atoms with Gasteiger partial charge in [0.2, 0.25) is 0 Å². The van der Waals surface area contributed by atoms with E-state index >= 15 is 0 Å². The van der Waals surface area contributed by atoms with Crippen LogP contribution < -0.4 is 5.32 Å². The molecule has 0 bridgehead atoms. The van der Waals surface area contributed by atoms with E-state index in [1.807, 2.05) is 11.7 Å². The molecular formula is C14H27N3. The molecule has 0 radical (unpaired) electrons. The summed E-state index contributed by atoms with van der Waals surface area (Å²) in [6.45, 7) is 6.41. The van der Waals surface area contributed by atoms with Gasteiger partial charge in [-0.05, 0) is 19.9 Å². The van der Waals surface area contributed by atoms with Crippen LogP contribution in [0.15, 0.2) is 6.20 Å². The molecule has 0 saturated heterocycles. The van der Waals surface area contributed by atoms with Crippen LogP contribution in [0.2, 0.25) is 0 Å². The third-order valence-corrected chi connectivity index (χ3v) is 3.14. The molecule has 17 heavy (non-hydrogen) atoms. The van der Waals surface area contributed by atoms with Crippen molar-refractivity contribution in [2.45, 2.75) is 58.9 Å². The van der Waals surface area contributed by atoms with Crippen LogP contribution >= 0.6 is 0 Å². The minimum Gasteiger partial charge on any atom is -0.313 e. The number of aromatic nitrogens is 2. The number of aryl methyl sites for hydroxylation is 2. The van der Waals surface area contributed by atoms with Gasteiger partial charge in [-0.15, -0.1) is 0 Å². The van der Waals surface area contributed by atoms with E-state index in [2.05, 4.69) is 30.5 Å². The second-order valence-corrected chi connectivity index (χ2v) is 4.86. The van der Waals surface area contributed by atoms with Crippen LogP contribution in [-0.2, 0) is 13.6 Å². The smallest absolute Gasteiger partial charge is 0.0638 e. The average Bonchev–Trinajstić information content (AvgIpc) is 2.61.